The van der Waals surface area contributed by atoms with Crippen molar-refractivity contribution in [2.45, 2.75) is 45.4 Å². The molecule has 0 spiro atoms. The number of carbonyl (C=O) groups excluding carboxylic acids is 1. The molecule has 0 atom stereocenters. The van der Waals surface area contributed by atoms with E-state index in [0.29, 0.717) is 18.0 Å². The van der Waals surface area contributed by atoms with E-state index >= 15 is 0 Å². The fourth-order valence-electron chi connectivity index (χ4n) is 2.36. The molecule has 24 heavy (non-hydrogen) atoms. The Bertz CT molecular complexity index is 779. The van der Waals surface area contributed by atoms with Gasteiger partial charge in [-0.3, -0.25) is 4.79 Å². The molecule has 126 valence electrons. The molecule has 5 nitrogen and oxygen atoms in total. The molecule has 0 unspecified atom stereocenters. The van der Waals surface area contributed by atoms with Gasteiger partial charge in [0.15, 0.2) is 0 Å². The highest BCUT2D eigenvalue weighted by molar-refractivity contribution is 7.18. The van der Waals surface area contributed by atoms with E-state index in [2.05, 4.69) is 33.5 Å². The van der Waals surface area contributed by atoms with Gasteiger partial charge in [-0.15, -0.1) is 21.5 Å². The van der Waals surface area contributed by atoms with Gasteiger partial charge in [0.2, 0.25) is 11.0 Å². The van der Waals surface area contributed by atoms with Crippen LogP contribution in [-0.2, 0) is 17.6 Å². The lowest BCUT2D eigenvalue weighted by Gasteiger charge is -1.99. The predicted molar refractivity (Wildman–Crippen MR) is 99.7 cm³/mol. The number of rotatable bonds is 8. The van der Waals surface area contributed by atoms with Gasteiger partial charge in [-0.05, 0) is 18.6 Å². The topological polar surface area (TPSA) is 67.8 Å². The molecule has 0 aliphatic carbocycles. The van der Waals surface area contributed by atoms with Crippen LogP contribution >= 0.6 is 22.7 Å². The Kier molecular flexibility index (Phi) is 5.87. The highest BCUT2D eigenvalue weighted by Gasteiger charge is 2.10. The van der Waals surface area contributed by atoms with Crippen molar-refractivity contribution in [3.05, 3.63) is 34.3 Å². The highest BCUT2D eigenvalue weighted by atomic mass is 32.1. The molecule has 0 saturated carbocycles. The van der Waals surface area contributed by atoms with Crippen LogP contribution in [0, 0.1) is 0 Å². The number of anilines is 1. The fraction of sp³-hybridized carbons (Fsp3) is 0.412. The highest BCUT2D eigenvalue weighted by Crippen LogP contribution is 2.23. The van der Waals surface area contributed by atoms with Crippen LogP contribution in [0.5, 0.6) is 0 Å². The number of hydrogen-bond donors (Lipinski definition) is 1. The molecule has 1 N–H and O–H groups in total. The smallest absolute Gasteiger partial charge is 0.226 e. The number of benzene rings is 1. The van der Waals surface area contributed by atoms with Crippen molar-refractivity contribution in [2.75, 3.05) is 5.32 Å². The summed E-state index contributed by atoms with van der Waals surface area (Å²) < 4.78 is 1.16. The summed E-state index contributed by atoms with van der Waals surface area (Å²) in [5.74, 6) is -0.0366. The van der Waals surface area contributed by atoms with Crippen LogP contribution < -0.4 is 5.32 Å². The number of unbranched alkanes of at least 4 members (excludes halogenated alkanes) is 2. The SMILES string of the molecule is CCCCCc1nnc(NC(=O)CCc2nc3ccccc3s2)s1. The molecule has 3 rings (SSSR count). The van der Waals surface area contributed by atoms with Crippen molar-refractivity contribution >= 4 is 43.9 Å². The number of hydrogen-bond acceptors (Lipinski definition) is 6. The zero-order valence-electron chi connectivity index (χ0n) is 13.6. The number of carbonyl (C=O) groups is 1. The zero-order chi connectivity index (χ0) is 16.8. The third kappa shape index (κ3) is 4.58. The summed E-state index contributed by atoms with van der Waals surface area (Å²) in [5.41, 5.74) is 0.999. The Morgan fingerprint density at radius 3 is 2.79 bits per heavy atom. The number of para-hydroxylation sites is 1. The van der Waals surface area contributed by atoms with Crippen molar-refractivity contribution in [2.24, 2.45) is 0 Å². The number of nitrogens with one attached hydrogen (secondary N) is 1. The largest absolute Gasteiger partial charge is 0.301 e. The maximum atomic E-state index is 12.1. The molecule has 0 saturated heterocycles. The number of aromatic nitrogens is 3. The van der Waals surface area contributed by atoms with Gasteiger partial charge >= 0.3 is 0 Å². The third-order valence-corrected chi connectivity index (χ3v) is 5.61. The molecular formula is C17H20N4OS2. The van der Waals surface area contributed by atoms with E-state index in [0.717, 1.165) is 33.1 Å². The molecule has 1 aromatic carbocycles. The standard InChI is InChI=1S/C17H20N4OS2/c1-2-3-4-9-16-20-21-17(24-16)19-14(22)10-11-15-18-12-7-5-6-8-13(12)23-15/h5-8H,2-4,9-11H2,1H3,(H,19,21,22). The van der Waals surface area contributed by atoms with E-state index in [1.807, 2.05) is 18.2 Å². The second-order valence-corrected chi connectivity index (χ2v) is 7.76. The second-order valence-electron chi connectivity index (χ2n) is 5.58. The summed E-state index contributed by atoms with van der Waals surface area (Å²) in [5, 5.41) is 13.6. The van der Waals surface area contributed by atoms with Crippen LogP contribution in [0.25, 0.3) is 10.2 Å². The van der Waals surface area contributed by atoms with Crippen molar-refractivity contribution < 1.29 is 4.79 Å². The monoisotopic (exact) mass is 360 g/mol. The van der Waals surface area contributed by atoms with Gasteiger partial charge in [0.1, 0.15) is 5.01 Å². The first-order valence-corrected chi connectivity index (χ1v) is 9.84. The summed E-state index contributed by atoms with van der Waals surface area (Å²) in [6, 6.07) is 8.03. The van der Waals surface area contributed by atoms with Crippen molar-refractivity contribution in [3.63, 3.8) is 0 Å². The van der Waals surface area contributed by atoms with E-state index in [1.165, 1.54) is 24.2 Å². The lowest BCUT2D eigenvalue weighted by atomic mass is 10.2. The van der Waals surface area contributed by atoms with Gasteiger partial charge in [0, 0.05) is 19.3 Å². The maximum absolute atomic E-state index is 12.1. The summed E-state index contributed by atoms with van der Waals surface area (Å²) in [4.78, 5) is 16.6. The quantitative estimate of drug-likeness (QED) is 0.603. The first-order valence-electron chi connectivity index (χ1n) is 8.21. The lowest BCUT2D eigenvalue weighted by Crippen LogP contribution is -2.12. The molecule has 2 heterocycles. The minimum Gasteiger partial charge on any atom is -0.301 e. The first kappa shape index (κ1) is 17.0. The van der Waals surface area contributed by atoms with Crippen LogP contribution in [-0.4, -0.2) is 21.1 Å². The summed E-state index contributed by atoms with van der Waals surface area (Å²) in [7, 11) is 0. The second kappa shape index (κ2) is 8.30. The van der Waals surface area contributed by atoms with E-state index < -0.39 is 0 Å². The number of amides is 1. The predicted octanol–water partition coefficient (Wildman–Crippen LogP) is 4.45. The normalized spacial score (nSPS) is 11.0. The number of fused-ring (bicyclic) bond motifs is 1. The van der Waals surface area contributed by atoms with Crippen LogP contribution in [0.4, 0.5) is 5.13 Å². The summed E-state index contributed by atoms with van der Waals surface area (Å²) >= 11 is 3.11. The third-order valence-electron chi connectivity index (χ3n) is 3.61. The molecular weight excluding hydrogens is 340 g/mol. The summed E-state index contributed by atoms with van der Waals surface area (Å²) in [6.45, 7) is 2.18. The van der Waals surface area contributed by atoms with Gasteiger partial charge in [-0.1, -0.05) is 43.2 Å². The van der Waals surface area contributed by atoms with E-state index in [9.17, 15) is 4.79 Å². The van der Waals surface area contributed by atoms with Crippen LogP contribution in [0.15, 0.2) is 24.3 Å². The first-order chi connectivity index (χ1) is 11.7. The number of nitrogens with zero attached hydrogens (tertiary/aromatic N) is 3. The average molecular weight is 361 g/mol. The number of thiazole rings is 1. The Balaban J connectivity index is 1.48. The molecule has 0 aliphatic rings. The molecule has 0 aliphatic heterocycles. The van der Waals surface area contributed by atoms with Gasteiger partial charge in [0.25, 0.3) is 0 Å². The summed E-state index contributed by atoms with van der Waals surface area (Å²) in [6.07, 6.45) is 5.50. The molecule has 2 aromatic heterocycles. The minimum absolute atomic E-state index is 0.0366. The molecule has 0 bridgehead atoms. The van der Waals surface area contributed by atoms with Crippen molar-refractivity contribution in [1.29, 1.82) is 0 Å². The van der Waals surface area contributed by atoms with Gasteiger partial charge in [-0.2, -0.15) is 0 Å². The Morgan fingerprint density at radius 2 is 1.96 bits per heavy atom. The molecule has 7 heteroatoms. The molecule has 3 aromatic rings. The van der Waals surface area contributed by atoms with Crippen LogP contribution in [0.1, 0.15) is 42.6 Å². The Hall–Kier alpha value is -1.86. The Morgan fingerprint density at radius 1 is 1.08 bits per heavy atom. The van der Waals surface area contributed by atoms with Crippen molar-refractivity contribution in [1.82, 2.24) is 15.2 Å². The lowest BCUT2D eigenvalue weighted by molar-refractivity contribution is -0.116. The van der Waals surface area contributed by atoms with E-state index in [4.69, 9.17) is 0 Å². The Labute approximate surface area is 149 Å². The van der Waals surface area contributed by atoms with Gasteiger partial charge < -0.3 is 5.32 Å². The minimum atomic E-state index is -0.0366. The maximum Gasteiger partial charge on any atom is 0.226 e. The number of aryl methyl sites for hydroxylation is 2. The van der Waals surface area contributed by atoms with E-state index in [1.54, 1.807) is 11.3 Å². The van der Waals surface area contributed by atoms with Crippen LogP contribution in [0.3, 0.4) is 0 Å². The zero-order valence-corrected chi connectivity index (χ0v) is 15.3. The van der Waals surface area contributed by atoms with E-state index in [-0.39, 0.29) is 5.91 Å². The fourth-order valence-corrected chi connectivity index (χ4v) is 4.13. The molecule has 0 fully saturated rings. The average Bonchev–Trinajstić information content (AvgIpc) is 3.19. The molecule has 0 radical (unpaired) electrons. The van der Waals surface area contributed by atoms with Gasteiger partial charge in [0.05, 0.1) is 15.2 Å². The van der Waals surface area contributed by atoms with Gasteiger partial charge in [-0.25, -0.2) is 4.98 Å². The van der Waals surface area contributed by atoms with Crippen molar-refractivity contribution in [3.8, 4) is 0 Å². The van der Waals surface area contributed by atoms with Crippen LogP contribution in [0.2, 0.25) is 0 Å². The molecule has 1 amide bonds.